The fourth-order valence-corrected chi connectivity index (χ4v) is 2.44. The van der Waals surface area contributed by atoms with Gasteiger partial charge < -0.3 is 5.73 Å². The Morgan fingerprint density at radius 3 is 2.88 bits per heavy atom. The summed E-state index contributed by atoms with van der Waals surface area (Å²) in [7, 11) is 0. The Morgan fingerprint density at radius 1 is 1.50 bits per heavy atom. The molecule has 0 radical (unpaired) electrons. The summed E-state index contributed by atoms with van der Waals surface area (Å²) < 4.78 is 0. The van der Waals surface area contributed by atoms with Gasteiger partial charge in [-0.2, -0.15) is 0 Å². The summed E-state index contributed by atoms with van der Waals surface area (Å²) in [4.78, 5) is 6.84. The van der Waals surface area contributed by atoms with Gasteiger partial charge in [-0.3, -0.25) is 9.88 Å². The molecule has 1 aliphatic rings. The van der Waals surface area contributed by atoms with Crippen molar-refractivity contribution >= 4 is 0 Å². The maximum atomic E-state index is 5.73. The van der Waals surface area contributed by atoms with E-state index in [9.17, 15) is 0 Å². The fourth-order valence-electron chi connectivity index (χ4n) is 2.44. The van der Waals surface area contributed by atoms with Crippen LogP contribution in [0, 0.1) is 12.8 Å². The van der Waals surface area contributed by atoms with Crippen LogP contribution in [0.5, 0.6) is 0 Å². The lowest BCUT2D eigenvalue weighted by molar-refractivity contribution is 0.255. The van der Waals surface area contributed by atoms with Crippen molar-refractivity contribution in [2.75, 3.05) is 13.1 Å². The third kappa shape index (κ3) is 2.60. The Bertz CT molecular complexity index is 334. The van der Waals surface area contributed by atoms with Crippen LogP contribution in [0.1, 0.15) is 24.6 Å². The molecule has 1 aromatic heterocycles. The van der Waals surface area contributed by atoms with E-state index in [0.29, 0.717) is 12.0 Å². The van der Waals surface area contributed by atoms with E-state index in [4.69, 9.17) is 5.73 Å². The highest BCUT2D eigenvalue weighted by Crippen LogP contribution is 2.23. The minimum atomic E-state index is 0.648. The number of likely N-dealkylation sites (tertiary alicyclic amines) is 1. The highest BCUT2D eigenvalue weighted by atomic mass is 15.2. The van der Waals surface area contributed by atoms with Crippen molar-refractivity contribution in [2.24, 2.45) is 11.7 Å². The highest BCUT2D eigenvalue weighted by Gasteiger charge is 2.27. The Labute approximate surface area is 97.7 Å². The first-order chi connectivity index (χ1) is 7.69. The van der Waals surface area contributed by atoms with Crippen molar-refractivity contribution < 1.29 is 0 Å². The molecule has 0 aromatic carbocycles. The minimum absolute atomic E-state index is 0.648. The topological polar surface area (TPSA) is 42.1 Å². The van der Waals surface area contributed by atoms with Gasteiger partial charge in [-0.05, 0) is 44.4 Å². The van der Waals surface area contributed by atoms with Crippen molar-refractivity contribution in [3.05, 3.63) is 29.6 Å². The van der Waals surface area contributed by atoms with E-state index < -0.39 is 0 Å². The number of pyridine rings is 1. The smallest absolute Gasteiger partial charge is 0.0372 e. The predicted molar refractivity (Wildman–Crippen MR) is 66.0 cm³/mol. The van der Waals surface area contributed by atoms with Gasteiger partial charge in [-0.25, -0.2) is 0 Å². The first-order valence-electron chi connectivity index (χ1n) is 6.04. The molecule has 2 heterocycles. The van der Waals surface area contributed by atoms with Crippen LogP contribution in [0.3, 0.4) is 0 Å². The average molecular weight is 219 g/mol. The second kappa shape index (κ2) is 4.93. The zero-order chi connectivity index (χ0) is 11.5. The van der Waals surface area contributed by atoms with Gasteiger partial charge in [0.15, 0.2) is 0 Å². The first kappa shape index (κ1) is 11.6. The second-order valence-corrected chi connectivity index (χ2v) is 4.92. The molecule has 3 nitrogen and oxygen atoms in total. The van der Waals surface area contributed by atoms with E-state index in [2.05, 4.69) is 28.9 Å². The quantitative estimate of drug-likeness (QED) is 0.839. The largest absolute Gasteiger partial charge is 0.330 e. The molecule has 1 saturated heterocycles. The van der Waals surface area contributed by atoms with Crippen LogP contribution in [0.15, 0.2) is 18.3 Å². The average Bonchev–Trinajstić information content (AvgIpc) is 2.63. The zero-order valence-electron chi connectivity index (χ0n) is 10.2. The van der Waals surface area contributed by atoms with Gasteiger partial charge in [-0.15, -0.1) is 0 Å². The molecule has 0 saturated carbocycles. The molecule has 1 fully saturated rings. The third-order valence-corrected chi connectivity index (χ3v) is 3.48. The molecule has 2 rings (SSSR count). The molecule has 1 aliphatic heterocycles. The van der Waals surface area contributed by atoms with Gasteiger partial charge in [0.2, 0.25) is 0 Å². The van der Waals surface area contributed by atoms with E-state index in [-0.39, 0.29) is 0 Å². The SMILES string of the molecule is Cc1ccc(CN2CC(CN)CC2C)cn1. The number of nitrogens with zero attached hydrogens (tertiary/aromatic N) is 2. The van der Waals surface area contributed by atoms with E-state index >= 15 is 0 Å². The lowest BCUT2D eigenvalue weighted by Gasteiger charge is -2.20. The molecule has 3 heteroatoms. The Balaban J connectivity index is 1.97. The summed E-state index contributed by atoms with van der Waals surface area (Å²) >= 11 is 0. The zero-order valence-corrected chi connectivity index (χ0v) is 10.2. The number of rotatable bonds is 3. The second-order valence-electron chi connectivity index (χ2n) is 4.92. The molecule has 0 bridgehead atoms. The van der Waals surface area contributed by atoms with E-state index in [1.165, 1.54) is 12.0 Å². The summed E-state index contributed by atoms with van der Waals surface area (Å²) in [5, 5.41) is 0. The maximum Gasteiger partial charge on any atom is 0.0372 e. The van der Waals surface area contributed by atoms with Gasteiger partial charge >= 0.3 is 0 Å². The summed E-state index contributed by atoms with van der Waals surface area (Å²) in [5.74, 6) is 0.674. The van der Waals surface area contributed by atoms with E-state index in [1.807, 2.05) is 13.1 Å². The molecule has 0 aliphatic carbocycles. The van der Waals surface area contributed by atoms with Crippen LogP contribution in [0.2, 0.25) is 0 Å². The summed E-state index contributed by atoms with van der Waals surface area (Å²) in [5.41, 5.74) is 8.12. The monoisotopic (exact) mass is 219 g/mol. The van der Waals surface area contributed by atoms with Crippen LogP contribution in [0.25, 0.3) is 0 Å². The molecule has 16 heavy (non-hydrogen) atoms. The normalized spacial score (nSPS) is 26.2. The molecular formula is C13H21N3. The molecule has 88 valence electrons. The van der Waals surface area contributed by atoms with Crippen LogP contribution in [-0.2, 0) is 6.54 Å². The number of aromatic nitrogens is 1. The summed E-state index contributed by atoms with van der Waals surface area (Å²) in [6.45, 7) is 7.26. The van der Waals surface area contributed by atoms with E-state index in [1.54, 1.807) is 0 Å². The molecule has 2 N–H and O–H groups in total. The van der Waals surface area contributed by atoms with Crippen LogP contribution < -0.4 is 5.73 Å². The lowest BCUT2D eigenvalue weighted by Crippen LogP contribution is -2.27. The fraction of sp³-hybridized carbons (Fsp3) is 0.615. The van der Waals surface area contributed by atoms with Crippen molar-refractivity contribution in [3.63, 3.8) is 0 Å². The molecule has 2 unspecified atom stereocenters. The number of hydrogen-bond donors (Lipinski definition) is 1. The number of hydrogen-bond acceptors (Lipinski definition) is 3. The maximum absolute atomic E-state index is 5.73. The van der Waals surface area contributed by atoms with Crippen molar-refractivity contribution in [1.29, 1.82) is 0 Å². The van der Waals surface area contributed by atoms with Gasteiger partial charge in [-0.1, -0.05) is 6.07 Å². The molecule has 0 amide bonds. The Kier molecular flexibility index (Phi) is 3.56. The summed E-state index contributed by atoms with van der Waals surface area (Å²) in [6, 6.07) is 4.90. The predicted octanol–water partition coefficient (Wildman–Crippen LogP) is 1.56. The third-order valence-electron chi connectivity index (χ3n) is 3.48. The minimum Gasteiger partial charge on any atom is -0.330 e. The standard InChI is InChI=1S/C13H21N3/c1-10-3-4-12(7-15-10)8-16-9-13(6-14)5-11(16)2/h3-4,7,11,13H,5-6,8-9,14H2,1-2H3. The van der Waals surface area contributed by atoms with Crippen molar-refractivity contribution in [3.8, 4) is 0 Å². The van der Waals surface area contributed by atoms with Crippen LogP contribution in [-0.4, -0.2) is 29.0 Å². The van der Waals surface area contributed by atoms with Gasteiger partial charge in [0.25, 0.3) is 0 Å². The summed E-state index contributed by atoms with van der Waals surface area (Å²) in [6.07, 6.45) is 3.22. The van der Waals surface area contributed by atoms with Gasteiger partial charge in [0.05, 0.1) is 0 Å². The van der Waals surface area contributed by atoms with Gasteiger partial charge in [0.1, 0.15) is 0 Å². The molecule has 0 spiro atoms. The lowest BCUT2D eigenvalue weighted by atomic mass is 10.1. The van der Waals surface area contributed by atoms with Crippen LogP contribution in [0.4, 0.5) is 0 Å². The molecule has 2 atom stereocenters. The van der Waals surface area contributed by atoms with Crippen molar-refractivity contribution in [1.82, 2.24) is 9.88 Å². The van der Waals surface area contributed by atoms with E-state index in [0.717, 1.165) is 25.3 Å². The van der Waals surface area contributed by atoms with Crippen LogP contribution >= 0.6 is 0 Å². The Hall–Kier alpha value is -0.930. The Morgan fingerprint density at radius 2 is 2.31 bits per heavy atom. The number of nitrogens with two attached hydrogens (primary N) is 1. The number of aryl methyl sites for hydroxylation is 1. The molecular weight excluding hydrogens is 198 g/mol. The van der Waals surface area contributed by atoms with Gasteiger partial charge in [0, 0.05) is 31.0 Å². The van der Waals surface area contributed by atoms with Crippen molar-refractivity contribution in [2.45, 2.75) is 32.9 Å². The highest BCUT2D eigenvalue weighted by molar-refractivity contribution is 5.13. The molecule has 1 aromatic rings. The first-order valence-corrected chi connectivity index (χ1v) is 6.04.